The molecule has 1 aromatic heterocycles. The van der Waals surface area contributed by atoms with Gasteiger partial charge in [-0.25, -0.2) is 4.98 Å². The third kappa shape index (κ3) is 2.44. The van der Waals surface area contributed by atoms with Gasteiger partial charge in [0, 0.05) is 30.9 Å². The Morgan fingerprint density at radius 1 is 1.26 bits per heavy atom. The van der Waals surface area contributed by atoms with E-state index >= 15 is 0 Å². The first-order valence-electron chi connectivity index (χ1n) is 6.05. The predicted molar refractivity (Wildman–Crippen MR) is 65.6 cm³/mol. The Bertz CT molecular complexity index is 566. The number of hydrogen-bond donors (Lipinski definition) is 1. The topological polar surface area (TPSA) is 39.1 Å². The van der Waals surface area contributed by atoms with Crippen molar-refractivity contribution in [2.75, 3.05) is 6.54 Å². The van der Waals surface area contributed by atoms with Gasteiger partial charge in [-0.15, -0.1) is 0 Å². The van der Waals surface area contributed by atoms with E-state index in [4.69, 9.17) is 0 Å². The van der Waals surface area contributed by atoms with Gasteiger partial charge in [-0.2, -0.15) is 8.78 Å². The van der Waals surface area contributed by atoms with Crippen LogP contribution in [0.15, 0.2) is 30.6 Å². The number of rotatable bonds is 3. The molecule has 2 aromatic rings. The van der Waals surface area contributed by atoms with Gasteiger partial charge in [0.2, 0.25) is 0 Å². The lowest BCUT2D eigenvalue weighted by Gasteiger charge is -2.15. The highest BCUT2D eigenvalue weighted by Crippen LogP contribution is 2.21. The van der Waals surface area contributed by atoms with Crippen molar-refractivity contribution >= 4 is 0 Å². The predicted octanol–water partition coefficient (Wildman–Crippen LogP) is 2.12. The molecule has 0 amide bonds. The van der Waals surface area contributed by atoms with Crippen LogP contribution in [0.1, 0.15) is 11.4 Å². The van der Waals surface area contributed by atoms with E-state index in [0.717, 1.165) is 30.9 Å². The zero-order valence-electron chi connectivity index (χ0n) is 10.1. The van der Waals surface area contributed by atoms with Crippen molar-refractivity contribution in [3.8, 4) is 11.4 Å². The van der Waals surface area contributed by atoms with E-state index in [-0.39, 0.29) is 5.75 Å². The Morgan fingerprint density at radius 3 is 2.79 bits per heavy atom. The number of imidazole rings is 1. The average molecular weight is 265 g/mol. The maximum absolute atomic E-state index is 12.1. The quantitative estimate of drug-likeness (QED) is 0.924. The Balaban J connectivity index is 1.88. The van der Waals surface area contributed by atoms with Crippen molar-refractivity contribution in [1.29, 1.82) is 0 Å². The van der Waals surface area contributed by atoms with E-state index in [0.29, 0.717) is 0 Å². The van der Waals surface area contributed by atoms with Gasteiger partial charge in [-0.1, -0.05) is 0 Å². The molecule has 0 atom stereocenters. The van der Waals surface area contributed by atoms with Crippen molar-refractivity contribution in [1.82, 2.24) is 14.9 Å². The molecule has 0 radical (unpaired) electrons. The van der Waals surface area contributed by atoms with Crippen LogP contribution in [0.3, 0.4) is 0 Å². The summed E-state index contributed by atoms with van der Waals surface area (Å²) in [6.07, 6.45) is 2.67. The summed E-state index contributed by atoms with van der Waals surface area (Å²) >= 11 is 0. The molecule has 4 nitrogen and oxygen atoms in total. The number of fused-ring (bicyclic) bond motifs is 1. The van der Waals surface area contributed by atoms with Gasteiger partial charge < -0.3 is 14.6 Å². The van der Waals surface area contributed by atoms with Crippen molar-refractivity contribution in [3.05, 3.63) is 42.0 Å². The maximum Gasteiger partial charge on any atom is 0.387 e. The van der Waals surface area contributed by atoms with Crippen LogP contribution in [0.5, 0.6) is 5.75 Å². The van der Waals surface area contributed by atoms with Crippen LogP contribution in [0.2, 0.25) is 0 Å². The number of hydrogen-bond acceptors (Lipinski definition) is 3. The molecule has 0 saturated carbocycles. The molecule has 19 heavy (non-hydrogen) atoms. The van der Waals surface area contributed by atoms with Gasteiger partial charge in [0.25, 0.3) is 0 Å². The van der Waals surface area contributed by atoms with Gasteiger partial charge in [0.1, 0.15) is 5.75 Å². The van der Waals surface area contributed by atoms with Gasteiger partial charge >= 0.3 is 6.61 Å². The van der Waals surface area contributed by atoms with E-state index in [9.17, 15) is 8.78 Å². The van der Waals surface area contributed by atoms with E-state index in [1.54, 1.807) is 18.5 Å². The second kappa shape index (κ2) is 4.97. The maximum atomic E-state index is 12.1. The average Bonchev–Trinajstić information content (AvgIpc) is 2.83. The Morgan fingerprint density at radius 2 is 2.05 bits per heavy atom. The zero-order valence-corrected chi connectivity index (χ0v) is 10.1. The Kier molecular flexibility index (Phi) is 3.16. The Hall–Kier alpha value is -1.95. The number of benzene rings is 1. The molecule has 0 unspecified atom stereocenters. The number of alkyl halides is 2. The normalized spacial score (nSPS) is 14.5. The van der Waals surface area contributed by atoms with Gasteiger partial charge in [0.05, 0.1) is 12.0 Å². The smallest absolute Gasteiger partial charge is 0.387 e. The molecule has 0 spiro atoms. The van der Waals surface area contributed by atoms with E-state index < -0.39 is 6.61 Å². The number of nitrogens with zero attached hydrogens (tertiary/aromatic N) is 2. The molecule has 3 rings (SSSR count). The van der Waals surface area contributed by atoms with Crippen molar-refractivity contribution in [2.45, 2.75) is 19.6 Å². The third-order valence-corrected chi connectivity index (χ3v) is 3.12. The molecule has 6 heteroatoms. The summed E-state index contributed by atoms with van der Waals surface area (Å²) in [6.45, 7) is -1.10. The number of ether oxygens (including phenoxy) is 1. The minimum Gasteiger partial charge on any atom is -0.435 e. The standard InChI is InChI=1S/C13H13F2N3O/c14-13(15)19-10-3-1-9(2-4-10)18-8-17-11-7-16-6-5-12(11)18/h1-4,8,13,16H,5-7H2. The van der Waals surface area contributed by atoms with Crippen LogP contribution < -0.4 is 10.1 Å². The van der Waals surface area contributed by atoms with Gasteiger partial charge in [-0.05, 0) is 24.3 Å². The fraction of sp³-hybridized carbons (Fsp3) is 0.308. The summed E-state index contributed by atoms with van der Waals surface area (Å²) in [7, 11) is 0. The molecule has 0 aliphatic carbocycles. The van der Waals surface area contributed by atoms with E-state index in [2.05, 4.69) is 15.0 Å². The second-order valence-corrected chi connectivity index (χ2v) is 4.31. The lowest BCUT2D eigenvalue weighted by Crippen LogP contribution is -2.24. The minimum absolute atomic E-state index is 0.161. The Labute approximate surface area is 109 Å². The summed E-state index contributed by atoms with van der Waals surface area (Å²) in [4.78, 5) is 4.35. The highest BCUT2D eigenvalue weighted by Gasteiger charge is 2.15. The molecule has 2 heterocycles. The van der Waals surface area contributed by atoms with Gasteiger partial charge in [0.15, 0.2) is 0 Å². The molecule has 0 fully saturated rings. The fourth-order valence-corrected chi connectivity index (χ4v) is 2.25. The largest absolute Gasteiger partial charge is 0.435 e. The molecule has 100 valence electrons. The van der Waals surface area contributed by atoms with Crippen molar-refractivity contribution in [3.63, 3.8) is 0 Å². The molecule has 1 aliphatic heterocycles. The third-order valence-electron chi connectivity index (χ3n) is 3.12. The summed E-state index contributed by atoms with van der Waals surface area (Å²) < 4.78 is 30.5. The van der Waals surface area contributed by atoms with E-state index in [1.165, 1.54) is 17.8 Å². The summed E-state index contributed by atoms with van der Waals surface area (Å²) in [6, 6.07) is 6.58. The first-order valence-corrected chi connectivity index (χ1v) is 6.05. The molecule has 1 aliphatic rings. The molecule has 1 N–H and O–H groups in total. The monoisotopic (exact) mass is 265 g/mol. The summed E-state index contributed by atoms with van der Waals surface area (Å²) in [5, 5.41) is 3.26. The SMILES string of the molecule is FC(F)Oc1ccc(-n2cnc3c2CCNC3)cc1. The van der Waals surface area contributed by atoms with Crippen LogP contribution >= 0.6 is 0 Å². The lowest BCUT2D eigenvalue weighted by molar-refractivity contribution is -0.0498. The van der Waals surface area contributed by atoms with Crippen LogP contribution in [-0.2, 0) is 13.0 Å². The van der Waals surface area contributed by atoms with Crippen LogP contribution in [0, 0.1) is 0 Å². The van der Waals surface area contributed by atoms with E-state index in [1.807, 2.05) is 4.57 Å². The van der Waals surface area contributed by atoms with Crippen molar-refractivity contribution in [2.24, 2.45) is 0 Å². The number of aromatic nitrogens is 2. The molecular weight excluding hydrogens is 252 g/mol. The zero-order chi connectivity index (χ0) is 13.2. The van der Waals surface area contributed by atoms with Crippen LogP contribution in [0.4, 0.5) is 8.78 Å². The highest BCUT2D eigenvalue weighted by molar-refractivity contribution is 5.40. The van der Waals surface area contributed by atoms with Crippen LogP contribution in [0.25, 0.3) is 5.69 Å². The molecule has 0 saturated heterocycles. The van der Waals surface area contributed by atoms with Crippen molar-refractivity contribution < 1.29 is 13.5 Å². The minimum atomic E-state index is -2.79. The highest BCUT2D eigenvalue weighted by atomic mass is 19.3. The molecule has 0 bridgehead atoms. The number of nitrogens with one attached hydrogen (secondary N) is 1. The fourth-order valence-electron chi connectivity index (χ4n) is 2.25. The lowest BCUT2D eigenvalue weighted by atomic mass is 10.1. The van der Waals surface area contributed by atoms with Crippen LogP contribution in [-0.4, -0.2) is 22.7 Å². The second-order valence-electron chi connectivity index (χ2n) is 4.31. The molecule has 1 aromatic carbocycles. The molecular formula is C13H13F2N3O. The summed E-state index contributed by atoms with van der Waals surface area (Å²) in [5.74, 6) is 0.161. The van der Waals surface area contributed by atoms with Gasteiger partial charge in [-0.3, -0.25) is 0 Å². The first-order chi connectivity index (χ1) is 9.24. The summed E-state index contributed by atoms with van der Waals surface area (Å²) in [5.41, 5.74) is 3.11. The first kappa shape index (κ1) is 12.1. The number of halogens is 2.